The average molecular weight is 311 g/mol. The number of likely N-dealkylation sites (tertiary alicyclic amines) is 1. The van der Waals surface area contributed by atoms with Crippen LogP contribution in [-0.2, 0) is 25.5 Å². The number of carbonyl (C=O) groups is 1. The Bertz CT molecular complexity index is 571. The van der Waals surface area contributed by atoms with E-state index in [4.69, 9.17) is 4.18 Å². The number of amides is 1. The molecule has 0 N–H and O–H groups in total. The molecule has 1 aromatic carbocycles. The molecule has 6 heteroatoms. The lowest BCUT2D eigenvalue weighted by Gasteiger charge is -2.16. The first-order chi connectivity index (χ1) is 9.96. The number of carbonyl (C=O) groups excluding carboxylic acids is 1. The van der Waals surface area contributed by atoms with Crippen molar-refractivity contribution in [1.82, 2.24) is 4.90 Å². The normalized spacial score (nSPS) is 19.2. The first-order valence-electron chi connectivity index (χ1n) is 7.13. The molecule has 0 saturated carbocycles. The zero-order valence-electron chi connectivity index (χ0n) is 12.2. The van der Waals surface area contributed by atoms with Crippen molar-refractivity contribution in [3.63, 3.8) is 0 Å². The van der Waals surface area contributed by atoms with E-state index in [0.717, 1.165) is 19.1 Å². The van der Waals surface area contributed by atoms with Crippen LogP contribution in [0.2, 0.25) is 0 Å². The highest BCUT2D eigenvalue weighted by Crippen LogP contribution is 2.19. The van der Waals surface area contributed by atoms with Gasteiger partial charge in [-0.15, -0.1) is 0 Å². The molecular weight excluding hydrogens is 290 g/mol. The smallest absolute Gasteiger partial charge is 0.264 e. The third-order valence-electron chi connectivity index (χ3n) is 3.63. The summed E-state index contributed by atoms with van der Waals surface area (Å²) in [4.78, 5) is 13.9. The second-order valence-electron chi connectivity index (χ2n) is 5.39. The van der Waals surface area contributed by atoms with Crippen LogP contribution < -0.4 is 0 Å². The van der Waals surface area contributed by atoms with Crippen LogP contribution in [0.3, 0.4) is 0 Å². The molecule has 0 bridgehead atoms. The van der Waals surface area contributed by atoms with Crippen LogP contribution in [0.1, 0.15) is 18.4 Å². The maximum Gasteiger partial charge on any atom is 0.264 e. The van der Waals surface area contributed by atoms with Gasteiger partial charge in [0, 0.05) is 13.1 Å². The van der Waals surface area contributed by atoms with E-state index in [1.165, 1.54) is 5.56 Å². The summed E-state index contributed by atoms with van der Waals surface area (Å²) in [6, 6.07) is 10.2. The molecule has 1 heterocycles. The molecule has 1 aliphatic heterocycles. The largest absolute Gasteiger partial charge is 0.342 e. The Morgan fingerprint density at radius 3 is 2.67 bits per heavy atom. The first kappa shape index (κ1) is 16.0. The van der Waals surface area contributed by atoms with Crippen LogP contribution >= 0.6 is 0 Å². The summed E-state index contributed by atoms with van der Waals surface area (Å²) in [6.07, 6.45) is 3.52. The fourth-order valence-electron chi connectivity index (χ4n) is 2.50. The summed E-state index contributed by atoms with van der Waals surface area (Å²) in [5.41, 5.74) is 1.26. The molecule has 2 rings (SSSR count). The van der Waals surface area contributed by atoms with Crippen LogP contribution in [0.5, 0.6) is 0 Å². The van der Waals surface area contributed by atoms with Crippen LogP contribution in [0, 0.1) is 5.92 Å². The van der Waals surface area contributed by atoms with Crippen molar-refractivity contribution in [2.75, 3.05) is 26.0 Å². The minimum atomic E-state index is -3.48. The van der Waals surface area contributed by atoms with Crippen molar-refractivity contribution in [3.8, 4) is 0 Å². The second kappa shape index (κ2) is 7.04. The van der Waals surface area contributed by atoms with Crippen molar-refractivity contribution in [2.45, 2.75) is 19.3 Å². The summed E-state index contributed by atoms with van der Waals surface area (Å²) in [5, 5.41) is 0. The van der Waals surface area contributed by atoms with E-state index in [2.05, 4.69) is 12.1 Å². The highest BCUT2D eigenvalue weighted by atomic mass is 32.2. The topological polar surface area (TPSA) is 63.7 Å². The van der Waals surface area contributed by atoms with E-state index in [-0.39, 0.29) is 18.4 Å². The molecule has 21 heavy (non-hydrogen) atoms. The minimum Gasteiger partial charge on any atom is -0.342 e. The molecule has 0 aromatic heterocycles. The summed E-state index contributed by atoms with van der Waals surface area (Å²) in [6.45, 7) is 1.36. The molecule has 5 nitrogen and oxygen atoms in total. The number of rotatable bonds is 7. The minimum absolute atomic E-state index is 0.00621. The van der Waals surface area contributed by atoms with Gasteiger partial charge in [0.05, 0.1) is 18.8 Å². The molecule has 1 aliphatic rings. The summed E-state index contributed by atoms with van der Waals surface area (Å²) in [7, 11) is -3.48. The Labute approximate surface area is 126 Å². The quantitative estimate of drug-likeness (QED) is 0.715. The average Bonchev–Trinajstić information content (AvgIpc) is 2.78. The maximum absolute atomic E-state index is 12.1. The number of benzene rings is 1. The zero-order valence-corrected chi connectivity index (χ0v) is 13.0. The van der Waals surface area contributed by atoms with Gasteiger partial charge in [0.1, 0.15) is 0 Å². The van der Waals surface area contributed by atoms with E-state index in [0.29, 0.717) is 19.5 Å². The summed E-state index contributed by atoms with van der Waals surface area (Å²) < 4.78 is 26.6. The maximum atomic E-state index is 12.1. The molecule has 116 valence electrons. The molecule has 0 radical (unpaired) electrons. The van der Waals surface area contributed by atoms with Crippen LogP contribution in [0.25, 0.3) is 0 Å². The van der Waals surface area contributed by atoms with E-state index < -0.39 is 10.1 Å². The van der Waals surface area contributed by atoms with Crippen molar-refractivity contribution in [2.24, 2.45) is 5.92 Å². The molecule has 0 spiro atoms. The lowest BCUT2D eigenvalue weighted by molar-refractivity contribution is -0.131. The van der Waals surface area contributed by atoms with Gasteiger partial charge in [0.25, 0.3) is 10.1 Å². The van der Waals surface area contributed by atoms with Crippen LogP contribution in [0.4, 0.5) is 0 Å². The standard InChI is InChI=1S/C15H21NO4S/c1-21(18,19)20-12-14-9-11-16(15(14)17)10-5-8-13-6-3-2-4-7-13/h2-4,6-7,14H,5,8-12H2,1H3. The van der Waals surface area contributed by atoms with E-state index in [1.54, 1.807) is 4.90 Å². The van der Waals surface area contributed by atoms with E-state index in [1.807, 2.05) is 18.2 Å². The fourth-order valence-corrected chi connectivity index (χ4v) is 2.92. The van der Waals surface area contributed by atoms with Gasteiger partial charge in [-0.3, -0.25) is 8.98 Å². The van der Waals surface area contributed by atoms with Crippen molar-refractivity contribution >= 4 is 16.0 Å². The number of hydrogen-bond acceptors (Lipinski definition) is 4. The number of hydrogen-bond donors (Lipinski definition) is 0. The van der Waals surface area contributed by atoms with Crippen molar-refractivity contribution in [3.05, 3.63) is 35.9 Å². The Balaban J connectivity index is 1.74. The van der Waals surface area contributed by atoms with Gasteiger partial charge >= 0.3 is 0 Å². The third-order valence-corrected chi connectivity index (χ3v) is 4.19. The molecule has 1 aromatic rings. The molecule has 1 saturated heterocycles. The van der Waals surface area contributed by atoms with Crippen molar-refractivity contribution in [1.29, 1.82) is 0 Å². The Kier molecular flexibility index (Phi) is 5.36. The number of nitrogens with zero attached hydrogens (tertiary/aromatic N) is 1. The van der Waals surface area contributed by atoms with Gasteiger partial charge < -0.3 is 4.90 Å². The molecule has 1 amide bonds. The van der Waals surface area contributed by atoms with Gasteiger partial charge in [-0.05, 0) is 24.8 Å². The van der Waals surface area contributed by atoms with Crippen LogP contribution in [0.15, 0.2) is 30.3 Å². The van der Waals surface area contributed by atoms with Gasteiger partial charge in [0.2, 0.25) is 5.91 Å². The molecule has 1 unspecified atom stereocenters. The Hall–Kier alpha value is -1.40. The molecular formula is C15H21NO4S. The highest BCUT2D eigenvalue weighted by Gasteiger charge is 2.32. The SMILES string of the molecule is CS(=O)(=O)OCC1CCN(CCCc2ccccc2)C1=O. The van der Waals surface area contributed by atoms with Gasteiger partial charge in [-0.2, -0.15) is 8.42 Å². The van der Waals surface area contributed by atoms with Gasteiger partial charge in [-0.1, -0.05) is 30.3 Å². The van der Waals surface area contributed by atoms with Crippen molar-refractivity contribution < 1.29 is 17.4 Å². The van der Waals surface area contributed by atoms with Gasteiger partial charge in [-0.25, -0.2) is 0 Å². The van der Waals surface area contributed by atoms with E-state index >= 15 is 0 Å². The fraction of sp³-hybridized carbons (Fsp3) is 0.533. The first-order valence-corrected chi connectivity index (χ1v) is 8.94. The second-order valence-corrected chi connectivity index (χ2v) is 7.03. The molecule has 1 atom stereocenters. The molecule has 1 fully saturated rings. The lowest BCUT2D eigenvalue weighted by Crippen LogP contribution is -2.30. The third kappa shape index (κ3) is 5.13. The van der Waals surface area contributed by atoms with E-state index in [9.17, 15) is 13.2 Å². The Morgan fingerprint density at radius 1 is 1.29 bits per heavy atom. The monoisotopic (exact) mass is 311 g/mol. The predicted octanol–water partition coefficient (Wildman–Crippen LogP) is 1.44. The highest BCUT2D eigenvalue weighted by molar-refractivity contribution is 7.85. The number of aryl methyl sites for hydroxylation is 1. The van der Waals surface area contributed by atoms with Gasteiger partial charge in [0.15, 0.2) is 0 Å². The zero-order chi connectivity index (χ0) is 15.3. The molecule has 0 aliphatic carbocycles. The summed E-state index contributed by atoms with van der Waals surface area (Å²) in [5.74, 6) is -0.317. The van der Waals surface area contributed by atoms with Crippen LogP contribution in [-0.4, -0.2) is 45.2 Å². The summed E-state index contributed by atoms with van der Waals surface area (Å²) >= 11 is 0. The predicted molar refractivity (Wildman–Crippen MR) is 80.2 cm³/mol. The Morgan fingerprint density at radius 2 is 2.00 bits per heavy atom. The lowest BCUT2D eigenvalue weighted by atomic mass is 10.1.